The van der Waals surface area contributed by atoms with Crippen LogP contribution in [0.5, 0.6) is 5.75 Å². The molecule has 0 fully saturated rings. The van der Waals surface area contributed by atoms with Crippen molar-refractivity contribution in [2.45, 2.75) is 39.2 Å². The number of methoxy groups -OCH3 is 1. The monoisotopic (exact) mass is 378 g/mol. The Morgan fingerprint density at radius 3 is 2.87 bits per heavy atom. The van der Waals surface area contributed by atoms with E-state index in [1.807, 2.05) is 16.8 Å². The second kappa shape index (κ2) is 6.35. The summed E-state index contributed by atoms with van der Waals surface area (Å²) in [6.07, 6.45) is 3.50. The van der Waals surface area contributed by atoms with Crippen molar-refractivity contribution in [2.75, 3.05) is 7.11 Å². The molecule has 5 nitrogen and oxygen atoms in total. The number of hydrogen-bond acceptors (Lipinski definition) is 3. The lowest BCUT2D eigenvalue weighted by molar-refractivity contribution is 0.0688. The van der Waals surface area contributed by atoms with E-state index in [0.29, 0.717) is 6.42 Å². The van der Waals surface area contributed by atoms with E-state index in [1.165, 1.54) is 5.56 Å². The Morgan fingerprint density at radius 2 is 2.22 bits per heavy atom. The second-order valence-corrected chi connectivity index (χ2v) is 6.56. The molecule has 122 valence electrons. The van der Waals surface area contributed by atoms with Gasteiger partial charge in [0.15, 0.2) is 5.69 Å². The number of unbranched alkanes of at least 4 members (excludes halogenated alkanes) is 1. The van der Waals surface area contributed by atoms with Crippen molar-refractivity contribution in [3.05, 3.63) is 33.4 Å². The van der Waals surface area contributed by atoms with E-state index in [4.69, 9.17) is 4.74 Å². The van der Waals surface area contributed by atoms with Crippen molar-refractivity contribution in [3.8, 4) is 17.0 Å². The lowest BCUT2D eigenvalue weighted by Gasteiger charge is -2.20. The predicted octanol–water partition coefficient (Wildman–Crippen LogP) is 3.92. The van der Waals surface area contributed by atoms with Crippen molar-refractivity contribution >= 4 is 21.9 Å². The molecule has 1 aromatic heterocycles. The number of aromatic nitrogens is 2. The number of rotatable bonds is 5. The van der Waals surface area contributed by atoms with Crippen LogP contribution in [-0.4, -0.2) is 28.0 Å². The summed E-state index contributed by atoms with van der Waals surface area (Å²) in [6.45, 7) is 2.85. The smallest absolute Gasteiger partial charge is 0.356 e. The van der Waals surface area contributed by atoms with Crippen molar-refractivity contribution in [2.24, 2.45) is 0 Å². The molecule has 3 rings (SSSR count). The van der Waals surface area contributed by atoms with E-state index in [1.54, 1.807) is 7.11 Å². The molecule has 0 unspecified atom stereocenters. The number of carboxylic acid groups (broad SMARTS) is 1. The van der Waals surface area contributed by atoms with Crippen LogP contribution < -0.4 is 4.74 Å². The summed E-state index contributed by atoms with van der Waals surface area (Å²) in [4.78, 5) is 11.5. The molecule has 0 spiro atoms. The molecule has 0 saturated heterocycles. The third kappa shape index (κ3) is 2.76. The number of hydrogen-bond donors (Lipinski definition) is 1. The SMILES string of the molecule is CCCCn1nc(C(=O)O)c2c1-c1cc(Br)c(OC)cc1CC2. The zero-order chi connectivity index (χ0) is 16.6. The largest absolute Gasteiger partial charge is 0.496 e. The first-order valence-electron chi connectivity index (χ1n) is 7.76. The number of carbonyl (C=O) groups is 1. The average Bonchev–Trinajstić information content (AvgIpc) is 2.91. The minimum Gasteiger partial charge on any atom is -0.496 e. The molecule has 2 aromatic rings. The van der Waals surface area contributed by atoms with Gasteiger partial charge in [0.05, 0.1) is 17.3 Å². The lowest BCUT2D eigenvalue weighted by Crippen LogP contribution is -2.09. The molecule has 1 aliphatic rings. The number of aryl methyl sites for hydroxylation is 2. The Labute approximate surface area is 143 Å². The normalized spacial score (nSPS) is 12.7. The van der Waals surface area contributed by atoms with Crippen LogP contribution in [0.25, 0.3) is 11.3 Å². The highest BCUT2D eigenvalue weighted by molar-refractivity contribution is 9.10. The molecule has 1 aliphatic carbocycles. The summed E-state index contributed by atoms with van der Waals surface area (Å²) in [5, 5.41) is 13.8. The Balaban J connectivity index is 2.19. The quantitative estimate of drug-likeness (QED) is 0.856. The molecule has 0 saturated carbocycles. The maximum Gasteiger partial charge on any atom is 0.356 e. The standard InChI is InChI=1S/C17H19BrN2O3/c1-3-4-7-20-16-11(15(19-20)17(21)22)6-5-10-8-14(23-2)13(18)9-12(10)16/h8-9H,3-7H2,1-2H3,(H,21,22). The number of aromatic carboxylic acids is 1. The molecule has 1 aromatic carbocycles. The van der Waals surface area contributed by atoms with Gasteiger partial charge in [-0.15, -0.1) is 0 Å². The summed E-state index contributed by atoms with van der Waals surface area (Å²) in [5.74, 6) is -0.155. The first-order valence-corrected chi connectivity index (χ1v) is 8.55. The number of halogens is 1. The van der Waals surface area contributed by atoms with Crippen LogP contribution in [0.4, 0.5) is 0 Å². The fourth-order valence-corrected chi connectivity index (χ4v) is 3.62. The van der Waals surface area contributed by atoms with Gasteiger partial charge in [-0.1, -0.05) is 13.3 Å². The molecule has 0 aliphatic heterocycles. The molecular weight excluding hydrogens is 360 g/mol. The maximum atomic E-state index is 11.5. The minimum atomic E-state index is -0.951. The Bertz CT molecular complexity index is 768. The summed E-state index contributed by atoms with van der Waals surface area (Å²) in [6, 6.07) is 4.04. The number of ether oxygens (including phenoxy) is 1. The van der Waals surface area contributed by atoms with Gasteiger partial charge >= 0.3 is 5.97 Å². The fourth-order valence-electron chi connectivity index (χ4n) is 3.12. The van der Waals surface area contributed by atoms with Crippen LogP contribution in [0.2, 0.25) is 0 Å². The Hall–Kier alpha value is -1.82. The summed E-state index contributed by atoms with van der Waals surface area (Å²) >= 11 is 3.53. The van der Waals surface area contributed by atoms with Crippen molar-refractivity contribution in [1.29, 1.82) is 0 Å². The molecule has 0 radical (unpaired) electrons. The van der Waals surface area contributed by atoms with Gasteiger partial charge in [-0.3, -0.25) is 4.68 Å². The van der Waals surface area contributed by atoms with E-state index in [9.17, 15) is 9.90 Å². The number of fused-ring (bicyclic) bond motifs is 3. The number of nitrogens with zero attached hydrogens (tertiary/aromatic N) is 2. The fraction of sp³-hybridized carbons (Fsp3) is 0.412. The summed E-state index contributed by atoms with van der Waals surface area (Å²) in [7, 11) is 1.65. The minimum absolute atomic E-state index is 0.189. The molecule has 0 bridgehead atoms. The van der Waals surface area contributed by atoms with Gasteiger partial charge in [0.25, 0.3) is 0 Å². The van der Waals surface area contributed by atoms with Crippen molar-refractivity contribution in [3.63, 3.8) is 0 Å². The average molecular weight is 379 g/mol. The number of benzene rings is 1. The Morgan fingerprint density at radius 1 is 1.43 bits per heavy atom. The third-order valence-corrected chi connectivity index (χ3v) is 4.87. The van der Waals surface area contributed by atoms with Gasteiger partial charge in [-0.05, 0) is 52.9 Å². The topological polar surface area (TPSA) is 64.4 Å². The molecule has 0 amide bonds. The first-order chi connectivity index (χ1) is 11.1. The molecular formula is C17H19BrN2O3. The molecule has 1 heterocycles. The maximum absolute atomic E-state index is 11.5. The van der Waals surface area contributed by atoms with Crippen molar-refractivity contribution in [1.82, 2.24) is 9.78 Å². The van der Waals surface area contributed by atoms with E-state index in [2.05, 4.69) is 28.0 Å². The van der Waals surface area contributed by atoms with Crippen LogP contribution in [-0.2, 0) is 19.4 Å². The van der Waals surface area contributed by atoms with Gasteiger partial charge in [0.2, 0.25) is 0 Å². The van der Waals surface area contributed by atoms with E-state index in [0.717, 1.165) is 52.9 Å². The van der Waals surface area contributed by atoms with Crippen LogP contribution in [0.3, 0.4) is 0 Å². The van der Waals surface area contributed by atoms with Crippen LogP contribution in [0.1, 0.15) is 41.4 Å². The van der Waals surface area contributed by atoms with Gasteiger partial charge in [-0.25, -0.2) is 4.79 Å². The molecule has 1 N–H and O–H groups in total. The van der Waals surface area contributed by atoms with Gasteiger partial charge in [0.1, 0.15) is 5.75 Å². The lowest BCUT2D eigenvalue weighted by atomic mass is 9.88. The van der Waals surface area contributed by atoms with Crippen LogP contribution in [0.15, 0.2) is 16.6 Å². The molecule has 0 atom stereocenters. The summed E-state index contributed by atoms with van der Waals surface area (Å²) < 4.78 is 8.10. The summed E-state index contributed by atoms with van der Waals surface area (Å²) in [5.41, 5.74) is 4.20. The van der Waals surface area contributed by atoms with Gasteiger partial charge in [-0.2, -0.15) is 5.10 Å². The highest BCUT2D eigenvalue weighted by Crippen LogP contribution is 2.40. The van der Waals surface area contributed by atoms with E-state index < -0.39 is 5.97 Å². The molecule has 6 heteroatoms. The van der Waals surface area contributed by atoms with Gasteiger partial charge < -0.3 is 9.84 Å². The predicted molar refractivity (Wildman–Crippen MR) is 91.2 cm³/mol. The second-order valence-electron chi connectivity index (χ2n) is 5.70. The highest BCUT2D eigenvalue weighted by Gasteiger charge is 2.28. The van der Waals surface area contributed by atoms with Gasteiger partial charge in [0, 0.05) is 17.7 Å². The van der Waals surface area contributed by atoms with Crippen molar-refractivity contribution < 1.29 is 14.6 Å². The van der Waals surface area contributed by atoms with E-state index >= 15 is 0 Å². The van der Waals surface area contributed by atoms with E-state index in [-0.39, 0.29) is 5.69 Å². The zero-order valence-corrected chi connectivity index (χ0v) is 14.8. The first kappa shape index (κ1) is 16.1. The third-order valence-electron chi connectivity index (χ3n) is 4.25. The highest BCUT2D eigenvalue weighted by atomic mass is 79.9. The molecule has 23 heavy (non-hydrogen) atoms. The van der Waals surface area contributed by atoms with Crippen LogP contribution in [0, 0.1) is 0 Å². The number of carboxylic acids is 1. The zero-order valence-electron chi connectivity index (χ0n) is 13.2. The Kier molecular flexibility index (Phi) is 4.43. The van der Waals surface area contributed by atoms with Crippen LogP contribution >= 0.6 is 15.9 Å².